The van der Waals surface area contributed by atoms with E-state index in [2.05, 4.69) is 54.5 Å². The number of fused-ring (bicyclic) bond motifs is 1. The van der Waals surface area contributed by atoms with Crippen molar-refractivity contribution in [3.8, 4) is 5.75 Å². The van der Waals surface area contributed by atoms with Crippen LogP contribution in [0.25, 0.3) is 22.4 Å². The molecule has 24 heavy (non-hydrogen) atoms. The van der Waals surface area contributed by atoms with Crippen molar-refractivity contribution in [1.82, 2.24) is 0 Å². The van der Waals surface area contributed by atoms with Gasteiger partial charge in [0.1, 0.15) is 17.0 Å². The lowest BCUT2D eigenvalue weighted by molar-refractivity contribution is -0.665. The Labute approximate surface area is 145 Å². The lowest BCUT2D eigenvalue weighted by Gasteiger charge is -2.00. The fraction of sp³-hybridized carbons (Fsp3) is 0.100. The lowest BCUT2D eigenvalue weighted by atomic mass is 10.2. The second kappa shape index (κ2) is 7.23. The predicted molar refractivity (Wildman–Crippen MR) is 98.9 cm³/mol. The minimum absolute atomic E-state index is 0.451. The number of nitrogens with zero attached hydrogens (tertiary/aromatic N) is 1. The first-order valence-corrected chi connectivity index (χ1v) is 8.56. The highest BCUT2D eigenvalue weighted by atomic mass is 32.1. The summed E-state index contributed by atoms with van der Waals surface area (Å²) in [5.74, 6) is 0.0649. The van der Waals surface area contributed by atoms with Gasteiger partial charge in [-0.3, -0.25) is 0 Å². The Bertz CT molecular complexity index is 907. The molecule has 0 radical (unpaired) electrons. The maximum atomic E-state index is 11.2. The van der Waals surface area contributed by atoms with Crippen LogP contribution >= 0.6 is 11.3 Å². The van der Waals surface area contributed by atoms with Gasteiger partial charge in [0.05, 0.1) is 0 Å². The molecule has 1 heterocycles. The van der Waals surface area contributed by atoms with Crippen LogP contribution in [0, 0.1) is 0 Å². The summed E-state index contributed by atoms with van der Waals surface area (Å²) in [6.45, 7) is 6.47. The van der Waals surface area contributed by atoms with E-state index >= 15 is 0 Å². The molecule has 0 fully saturated rings. The molecule has 3 rings (SSSR count). The van der Waals surface area contributed by atoms with Gasteiger partial charge in [0, 0.05) is 18.2 Å². The lowest BCUT2D eigenvalue weighted by Crippen LogP contribution is -2.33. The van der Waals surface area contributed by atoms with E-state index in [9.17, 15) is 4.79 Å². The van der Waals surface area contributed by atoms with Gasteiger partial charge < -0.3 is 4.74 Å². The highest BCUT2D eigenvalue weighted by Crippen LogP contribution is 2.22. The van der Waals surface area contributed by atoms with Crippen molar-refractivity contribution in [2.45, 2.75) is 13.5 Å². The SMILES string of the molecule is C=CC(=O)Oc1ccc(/C=C/c2sc3ccccc3[n+]2CC)cc1. The Morgan fingerprint density at radius 1 is 1.17 bits per heavy atom. The number of benzene rings is 2. The van der Waals surface area contributed by atoms with Crippen LogP contribution in [0.15, 0.2) is 61.2 Å². The number of aryl methyl sites for hydroxylation is 1. The van der Waals surface area contributed by atoms with Crippen LogP contribution in [0.1, 0.15) is 17.5 Å². The molecule has 0 bridgehead atoms. The van der Waals surface area contributed by atoms with Crippen molar-refractivity contribution < 1.29 is 14.1 Å². The van der Waals surface area contributed by atoms with E-state index in [1.165, 1.54) is 15.2 Å². The zero-order valence-electron chi connectivity index (χ0n) is 13.4. The maximum Gasteiger partial charge on any atom is 0.335 e. The van der Waals surface area contributed by atoms with Gasteiger partial charge in [-0.2, -0.15) is 4.57 Å². The van der Waals surface area contributed by atoms with Gasteiger partial charge in [-0.25, -0.2) is 4.79 Å². The van der Waals surface area contributed by atoms with Crippen LogP contribution in [0.2, 0.25) is 0 Å². The standard InChI is InChI=1S/C20H18NO2S/c1-3-20(22)23-16-12-9-15(10-13-16)11-14-19-21(4-2)17-7-5-6-8-18(17)24-19/h3,5-14H,1,4H2,2H3/q+1/b14-11+. The molecule has 3 nitrogen and oxygen atoms in total. The van der Waals surface area contributed by atoms with Crippen LogP contribution in [0.4, 0.5) is 0 Å². The van der Waals surface area contributed by atoms with E-state index in [0.717, 1.165) is 18.2 Å². The Balaban J connectivity index is 1.83. The summed E-state index contributed by atoms with van der Waals surface area (Å²) in [6, 6.07) is 15.8. The smallest absolute Gasteiger partial charge is 0.335 e. The molecule has 4 heteroatoms. The monoisotopic (exact) mass is 336 g/mol. The van der Waals surface area contributed by atoms with Gasteiger partial charge in [-0.15, -0.1) is 0 Å². The topological polar surface area (TPSA) is 30.2 Å². The maximum absolute atomic E-state index is 11.2. The van der Waals surface area contributed by atoms with E-state index in [1.54, 1.807) is 23.5 Å². The van der Waals surface area contributed by atoms with Crippen molar-refractivity contribution in [1.29, 1.82) is 0 Å². The fourth-order valence-electron chi connectivity index (χ4n) is 2.48. The summed E-state index contributed by atoms with van der Waals surface area (Å²) in [7, 11) is 0. The zero-order chi connectivity index (χ0) is 16.9. The van der Waals surface area contributed by atoms with E-state index < -0.39 is 5.97 Å². The average Bonchev–Trinajstić information content (AvgIpc) is 2.98. The van der Waals surface area contributed by atoms with E-state index in [-0.39, 0.29) is 0 Å². The molecule has 0 aliphatic carbocycles. The molecule has 0 N–H and O–H groups in total. The molecule has 0 saturated carbocycles. The highest BCUT2D eigenvalue weighted by Gasteiger charge is 2.15. The molecule has 0 amide bonds. The number of thiazole rings is 1. The van der Waals surface area contributed by atoms with Gasteiger partial charge in [0.15, 0.2) is 0 Å². The quantitative estimate of drug-likeness (QED) is 0.298. The van der Waals surface area contributed by atoms with Gasteiger partial charge >= 0.3 is 5.97 Å². The minimum atomic E-state index is -0.451. The minimum Gasteiger partial charge on any atom is -0.423 e. The molecular formula is C20H18NO2S+. The largest absolute Gasteiger partial charge is 0.423 e. The van der Waals surface area contributed by atoms with Gasteiger partial charge in [0.25, 0.3) is 5.01 Å². The molecule has 0 unspecified atom stereocenters. The molecule has 0 spiro atoms. The fourth-order valence-corrected chi connectivity index (χ4v) is 3.60. The molecule has 0 aliphatic heterocycles. The summed E-state index contributed by atoms with van der Waals surface area (Å²) < 4.78 is 8.66. The normalized spacial score (nSPS) is 11.0. The van der Waals surface area contributed by atoms with Crippen LogP contribution in [0.5, 0.6) is 5.75 Å². The summed E-state index contributed by atoms with van der Waals surface area (Å²) >= 11 is 1.78. The summed E-state index contributed by atoms with van der Waals surface area (Å²) in [4.78, 5) is 11.2. The number of ether oxygens (including phenoxy) is 1. The molecule has 1 aromatic heterocycles. The second-order valence-corrected chi connectivity index (χ2v) is 6.24. The third-order valence-electron chi connectivity index (χ3n) is 3.64. The van der Waals surface area contributed by atoms with Crippen molar-refractivity contribution in [2.24, 2.45) is 0 Å². The van der Waals surface area contributed by atoms with E-state index in [0.29, 0.717) is 5.75 Å². The van der Waals surface area contributed by atoms with Crippen LogP contribution in [-0.4, -0.2) is 5.97 Å². The average molecular weight is 336 g/mol. The number of carbonyl (C=O) groups is 1. The Kier molecular flexibility index (Phi) is 4.87. The Hall–Kier alpha value is -2.72. The molecule has 0 atom stereocenters. The van der Waals surface area contributed by atoms with Crippen molar-refractivity contribution in [2.75, 3.05) is 0 Å². The second-order valence-electron chi connectivity index (χ2n) is 5.18. The first-order valence-electron chi connectivity index (χ1n) is 7.75. The third kappa shape index (κ3) is 3.44. The molecule has 0 saturated heterocycles. The molecule has 3 aromatic rings. The number of hydrogen-bond acceptors (Lipinski definition) is 3. The van der Waals surface area contributed by atoms with Crippen LogP contribution < -0.4 is 9.30 Å². The highest BCUT2D eigenvalue weighted by molar-refractivity contribution is 7.18. The predicted octanol–water partition coefficient (Wildman–Crippen LogP) is 4.47. The molecule has 120 valence electrons. The Morgan fingerprint density at radius 2 is 1.92 bits per heavy atom. The number of para-hydroxylation sites is 1. The van der Waals surface area contributed by atoms with Gasteiger partial charge in [-0.1, -0.05) is 42.2 Å². The Morgan fingerprint density at radius 3 is 2.62 bits per heavy atom. The van der Waals surface area contributed by atoms with Crippen LogP contribution in [-0.2, 0) is 11.3 Å². The molecule has 2 aromatic carbocycles. The van der Waals surface area contributed by atoms with Crippen LogP contribution in [0.3, 0.4) is 0 Å². The zero-order valence-corrected chi connectivity index (χ0v) is 14.3. The summed E-state index contributed by atoms with van der Waals surface area (Å²) in [5, 5.41) is 1.21. The first kappa shape index (κ1) is 16.1. The van der Waals surface area contributed by atoms with E-state index in [1.807, 2.05) is 12.1 Å². The number of esters is 1. The van der Waals surface area contributed by atoms with Crippen molar-refractivity contribution in [3.63, 3.8) is 0 Å². The van der Waals surface area contributed by atoms with Crippen molar-refractivity contribution >= 4 is 39.7 Å². The third-order valence-corrected chi connectivity index (χ3v) is 4.77. The van der Waals surface area contributed by atoms with Gasteiger partial charge in [-0.05, 0) is 36.8 Å². The number of aromatic nitrogens is 1. The van der Waals surface area contributed by atoms with Gasteiger partial charge in [0.2, 0.25) is 5.52 Å². The van der Waals surface area contributed by atoms with E-state index in [4.69, 9.17) is 4.74 Å². The first-order chi connectivity index (χ1) is 11.7. The summed E-state index contributed by atoms with van der Waals surface area (Å²) in [6.07, 6.45) is 5.34. The number of rotatable bonds is 5. The molecule has 0 aliphatic rings. The van der Waals surface area contributed by atoms with Crippen molar-refractivity contribution in [3.05, 3.63) is 71.8 Å². The number of carbonyl (C=O) groups excluding carboxylic acids is 1. The number of hydrogen-bond donors (Lipinski definition) is 0. The molecular weight excluding hydrogens is 318 g/mol. The summed E-state index contributed by atoms with van der Waals surface area (Å²) in [5.41, 5.74) is 2.31.